The van der Waals surface area contributed by atoms with Crippen molar-refractivity contribution in [1.29, 1.82) is 0 Å². The average Bonchev–Trinajstić information content (AvgIpc) is 3.38. The second-order valence-corrected chi connectivity index (χ2v) is 9.36. The summed E-state index contributed by atoms with van der Waals surface area (Å²) in [6, 6.07) is 14.6. The van der Waals surface area contributed by atoms with Crippen LogP contribution in [0.25, 0.3) is 5.69 Å². The van der Waals surface area contributed by atoms with E-state index in [0.717, 1.165) is 11.8 Å². The number of sulfonamides is 1. The average molecular weight is 471 g/mol. The molecule has 2 aromatic carbocycles. The first kappa shape index (κ1) is 22.5. The second-order valence-electron chi connectivity index (χ2n) is 7.42. The van der Waals surface area contributed by atoms with Gasteiger partial charge in [-0.15, -0.1) is 0 Å². The number of piperazine rings is 1. The van der Waals surface area contributed by atoms with E-state index in [4.69, 9.17) is 4.74 Å². The molecule has 33 heavy (non-hydrogen) atoms. The lowest BCUT2D eigenvalue weighted by atomic mass is 10.1. The molecule has 172 valence electrons. The summed E-state index contributed by atoms with van der Waals surface area (Å²) in [6.07, 6.45) is 3.82. The smallest absolute Gasteiger partial charge is 0.312 e. The van der Waals surface area contributed by atoms with Crippen LogP contribution < -0.4 is 4.74 Å². The summed E-state index contributed by atoms with van der Waals surface area (Å²) in [5.41, 5.74) is 1.03. The maximum Gasteiger partial charge on any atom is 0.312 e. The summed E-state index contributed by atoms with van der Waals surface area (Å²) in [5.74, 6) is -0.191. The van der Waals surface area contributed by atoms with Crippen molar-refractivity contribution in [2.75, 3.05) is 33.3 Å². The first-order chi connectivity index (χ1) is 15.8. The molecule has 1 aromatic heterocycles. The Morgan fingerprint density at radius 3 is 2.21 bits per heavy atom. The van der Waals surface area contributed by atoms with Gasteiger partial charge in [-0.2, -0.15) is 4.31 Å². The van der Waals surface area contributed by atoms with Crippen molar-refractivity contribution in [3.05, 3.63) is 82.7 Å². The molecule has 3 aromatic rings. The molecule has 1 aliphatic rings. The maximum atomic E-state index is 13.0. The highest BCUT2D eigenvalue weighted by Gasteiger charge is 2.32. The van der Waals surface area contributed by atoms with Crippen molar-refractivity contribution in [1.82, 2.24) is 13.8 Å². The molecule has 10 nitrogen and oxygen atoms in total. The van der Waals surface area contributed by atoms with E-state index in [1.54, 1.807) is 17.0 Å². The van der Waals surface area contributed by atoms with Crippen molar-refractivity contribution in [3.63, 3.8) is 0 Å². The molecule has 4 rings (SSSR count). The Balaban J connectivity index is 1.44. The van der Waals surface area contributed by atoms with Crippen LogP contribution in [0.1, 0.15) is 10.4 Å². The van der Waals surface area contributed by atoms with E-state index >= 15 is 0 Å². The SMILES string of the molecule is COc1ccc(S(=O)(=O)N2CCN(C(=O)c3ccc(-n4cccc4)cc3)CC2)cc1[N+](=O)[O-]. The highest BCUT2D eigenvalue weighted by molar-refractivity contribution is 7.89. The lowest BCUT2D eigenvalue weighted by Gasteiger charge is -2.34. The minimum atomic E-state index is -3.95. The fourth-order valence-corrected chi connectivity index (χ4v) is 5.16. The van der Waals surface area contributed by atoms with E-state index in [1.807, 2.05) is 41.2 Å². The number of nitro benzene ring substituents is 1. The number of hydrogen-bond acceptors (Lipinski definition) is 6. The lowest BCUT2D eigenvalue weighted by molar-refractivity contribution is -0.386. The van der Waals surface area contributed by atoms with Gasteiger partial charge in [0.15, 0.2) is 5.75 Å². The Morgan fingerprint density at radius 1 is 1.00 bits per heavy atom. The van der Waals surface area contributed by atoms with Gasteiger partial charge in [-0.1, -0.05) is 0 Å². The molecular weight excluding hydrogens is 448 g/mol. The fourth-order valence-electron chi connectivity index (χ4n) is 3.72. The van der Waals surface area contributed by atoms with E-state index < -0.39 is 20.6 Å². The van der Waals surface area contributed by atoms with E-state index in [-0.39, 0.29) is 42.7 Å². The number of amides is 1. The molecule has 0 spiro atoms. The number of methoxy groups -OCH3 is 1. The normalized spacial score (nSPS) is 14.8. The van der Waals surface area contributed by atoms with E-state index in [9.17, 15) is 23.3 Å². The third-order valence-corrected chi connectivity index (χ3v) is 7.42. The number of aromatic nitrogens is 1. The van der Waals surface area contributed by atoms with Gasteiger partial charge in [-0.05, 0) is 48.5 Å². The van der Waals surface area contributed by atoms with Crippen LogP contribution in [0, 0.1) is 10.1 Å². The monoisotopic (exact) mass is 470 g/mol. The third-order valence-electron chi connectivity index (χ3n) is 5.53. The molecule has 1 fully saturated rings. The number of nitro groups is 1. The minimum Gasteiger partial charge on any atom is -0.490 e. The molecule has 0 radical (unpaired) electrons. The molecule has 0 atom stereocenters. The first-order valence-electron chi connectivity index (χ1n) is 10.2. The van der Waals surface area contributed by atoms with Gasteiger partial charge in [0.2, 0.25) is 10.0 Å². The predicted molar refractivity (Wildman–Crippen MR) is 120 cm³/mol. The lowest BCUT2D eigenvalue weighted by Crippen LogP contribution is -2.50. The molecule has 0 N–H and O–H groups in total. The fraction of sp³-hybridized carbons (Fsp3) is 0.227. The number of nitrogens with zero attached hydrogens (tertiary/aromatic N) is 4. The summed E-state index contributed by atoms with van der Waals surface area (Å²) < 4.78 is 34.1. The highest BCUT2D eigenvalue weighted by Crippen LogP contribution is 2.31. The van der Waals surface area contributed by atoms with Crippen molar-refractivity contribution in [2.24, 2.45) is 0 Å². The molecule has 0 bridgehead atoms. The van der Waals surface area contributed by atoms with Gasteiger partial charge in [0.25, 0.3) is 5.91 Å². The van der Waals surface area contributed by atoms with Gasteiger partial charge in [0.1, 0.15) is 0 Å². The molecule has 1 saturated heterocycles. The minimum absolute atomic E-state index is 0.0165. The van der Waals surface area contributed by atoms with Crippen molar-refractivity contribution >= 4 is 21.6 Å². The standard InChI is InChI=1S/C22H22N4O6S/c1-32-21-9-8-19(16-20(21)26(28)29)33(30,31)25-14-12-24(13-15-25)22(27)17-4-6-18(7-5-17)23-10-2-3-11-23/h2-11,16H,12-15H2,1H3. The Labute approximate surface area is 190 Å². The van der Waals surface area contributed by atoms with Crippen LogP contribution in [0.5, 0.6) is 5.75 Å². The quantitative estimate of drug-likeness (QED) is 0.404. The predicted octanol–water partition coefficient (Wildman–Crippen LogP) is 2.54. The molecule has 1 aliphatic heterocycles. The maximum absolute atomic E-state index is 13.0. The summed E-state index contributed by atoms with van der Waals surface area (Å²) in [7, 11) is -2.68. The molecule has 0 aliphatic carbocycles. The Kier molecular flexibility index (Phi) is 6.16. The summed E-state index contributed by atoms with van der Waals surface area (Å²) in [5, 5.41) is 11.2. The van der Waals surface area contributed by atoms with Crippen LogP contribution in [0.2, 0.25) is 0 Å². The Bertz CT molecular complexity index is 1260. The zero-order chi connectivity index (χ0) is 23.6. The summed E-state index contributed by atoms with van der Waals surface area (Å²) in [6.45, 7) is 0.621. The number of benzene rings is 2. The van der Waals surface area contributed by atoms with Crippen LogP contribution >= 0.6 is 0 Å². The van der Waals surface area contributed by atoms with Gasteiger partial charge in [0.05, 0.1) is 16.9 Å². The van der Waals surface area contributed by atoms with Gasteiger partial charge in [-0.3, -0.25) is 14.9 Å². The zero-order valence-electron chi connectivity index (χ0n) is 17.8. The Morgan fingerprint density at radius 2 is 1.64 bits per heavy atom. The number of carbonyl (C=O) groups is 1. The highest BCUT2D eigenvalue weighted by atomic mass is 32.2. The molecule has 0 unspecified atom stereocenters. The van der Waals surface area contributed by atoms with E-state index in [0.29, 0.717) is 5.56 Å². The number of rotatable bonds is 6. The molecule has 1 amide bonds. The molecule has 0 saturated carbocycles. The summed E-state index contributed by atoms with van der Waals surface area (Å²) >= 11 is 0. The molecule has 11 heteroatoms. The topological polar surface area (TPSA) is 115 Å². The van der Waals surface area contributed by atoms with Crippen LogP contribution in [0.3, 0.4) is 0 Å². The van der Waals surface area contributed by atoms with E-state index in [1.165, 1.54) is 23.5 Å². The van der Waals surface area contributed by atoms with Crippen LogP contribution in [0.4, 0.5) is 5.69 Å². The van der Waals surface area contributed by atoms with Gasteiger partial charge in [0, 0.05) is 55.9 Å². The molecule has 2 heterocycles. The Hall–Kier alpha value is -3.70. The number of ether oxygens (including phenoxy) is 1. The second kappa shape index (κ2) is 9.04. The largest absolute Gasteiger partial charge is 0.490 e. The van der Waals surface area contributed by atoms with Crippen molar-refractivity contribution in [2.45, 2.75) is 4.90 Å². The van der Waals surface area contributed by atoms with Crippen LogP contribution in [-0.2, 0) is 10.0 Å². The van der Waals surface area contributed by atoms with Crippen molar-refractivity contribution < 1.29 is 22.9 Å². The zero-order valence-corrected chi connectivity index (χ0v) is 18.6. The van der Waals surface area contributed by atoms with Gasteiger partial charge >= 0.3 is 5.69 Å². The van der Waals surface area contributed by atoms with E-state index in [2.05, 4.69) is 0 Å². The van der Waals surface area contributed by atoms with Gasteiger partial charge in [-0.25, -0.2) is 8.42 Å². The first-order valence-corrected chi connectivity index (χ1v) is 11.6. The number of carbonyl (C=O) groups excluding carboxylic acids is 1. The van der Waals surface area contributed by atoms with Gasteiger partial charge < -0.3 is 14.2 Å². The molecular formula is C22H22N4O6S. The van der Waals surface area contributed by atoms with Crippen LogP contribution in [-0.4, -0.2) is 66.3 Å². The third kappa shape index (κ3) is 4.45. The van der Waals surface area contributed by atoms with Crippen molar-refractivity contribution in [3.8, 4) is 11.4 Å². The number of hydrogen-bond donors (Lipinski definition) is 0. The summed E-state index contributed by atoms with van der Waals surface area (Å²) in [4.78, 5) is 24.9. The van der Waals surface area contributed by atoms with Crippen LogP contribution in [0.15, 0.2) is 71.9 Å².